The van der Waals surface area contributed by atoms with Crippen LogP contribution in [0.15, 0.2) is 6.07 Å². The highest BCUT2D eigenvalue weighted by molar-refractivity contribution is 6.00. The molecule has 2 rings (SSSR count). The standard InChI is InChI=1S/C15H21N3O3/c1-4-15(14(20)21)6-5-7-18(15)13-11(12(16)19)9(2)8-10(3)17-13/h8H,4-7H2,1-3H3,(H2,16,19)(H,20,21). The molecule has 1 aliphatic rings. The molecule has 0 aromatic carbocycles. The first-order valence-electron chi connectivity index (χ1n) is 7.12. The molecule has 6 heteroatoms. The molecule has 0 radical (unpaired) electrons. The Morgan fingerprint density at radius 2 is 2.14 bits per heavy atom. The molecule has 0 spiro atoms. The van der Waals surface area contributed by atoms with Gasteiger partial charge in [0.05, 0.1) is 5.56 Å². The second kappa shape index (κ2) is 5.35. The fraction of sp³-hybridized carbons (Fsp3) is 0.533. The molecule has 1 atom stereocenters. The summed E-state index contributed by atoms with van der Waals surface area (Å²) in [5.74, 6) is -1.04. The van der Waals surface area contributed by atoms with Crippen LogP contribution in [-0.4, -0.2) is 34.1 Å². The molecule has 6 nitrogen and oxygen atoms in total. The van der Waals surface area contributed by atoms with Gasteiger partial charge in [0.15, 0.2) is 0 Å². The smallest absolute Gasteiger partial charge is 0.329 e. The Morgan fingerprint density at radius 3 is 2.67 bits per heavy atom. The van der Waals surface area contributed by atoms with Gasteiger partial charge in [-0.05, 0) is 44.7 Å². The Morgan fingerprint density at radius 1 is 1.48 bits per heavy atom. The van der Waals surface area contributed by atoms with E-state index in [-0.39, 0.29) is 0 Å². The van der Waals surface area contributed by atoms with Gasteiger partial charge in [0, 0.05) is 12.2 Å². The van der Waals surface area contributed by atoms with Gasteiger partial charge in [-0.15, -0.1) is 0 Å². The molecule has 2 heterocycles. The van der Waals surface area contributed by atoms with Crippen molar-refractivity contribution >= 4 is 17.7 Å². The Kier molecular flexibility index (Phi) is 3.89. The Labute approximate surface area is 124 Å². The van der Waals surface area contributed by atoms with Crippen molar-refractivity contribution < 1.29 is 14.7 Å². The monoisotopic (exact) mass is 291 g/mol. The number of primary amides is 1. The van der Waals surface area contributed by atoms with Gasteiger partial charge >= 0.3 is 5.97 Å². The van der Waals surface area contributed by atoms with E-state index in [9.17, 15) is 14.7 Å². The topological polar surface area (TPSA) is 96.5 Å². The molecule has 1 fully saturated rings. The summed E-state index contributed by atoms with van der Waals surface area (Å²) in [6, 6.07) is 1.79. The van der Waals surface area contributed by atoms with Gasteiger partial charge in [-0.2, -0.15) is 0 Å². The molecule has 1 aliphatic heterocycles. The van der Waals surface area contributed by atoms with Crippen molar-refractivity contribution in [3.05, 3.63) is 22.9 Å². The number of aryl methyl sites for hydroxylation is 2. The molecule has 1 aromatic heterocycles. The number of nitrogens with zero attached hydrogens (tertiary/aromatic N) is 2. The third-order valence-corrected chi connectivity index (χ3v) is 4.30. The first-order chi connectivity index (χ1) is 9.83. The van der Waals surface area contributed by atoms with Gasteiger partial charge in [-0.25, -0.2) is 9.78 Å². The number of carboxylic acids is 1. The van der Waals surface area contributed by atoms with E-state index in [0.717, 1.165) is 17.7 Å². The number of anilines is 1. The van der Waals surface area contributed by atoms with E-state index >= 15 is 0 Å². The number of pyridine rings is 1. The molecule has 21 heavy (non-hydrogen) atoms. The highest BCUT2D eigenvalue weighted by Gasteiger charge is 2.47. The number of hydrogen-bond donors (Lipinski definition) is 2. The van der Waals surface area contributed by atoms with E-state index in [2.05, 4.69) is 4.98 Å². The summed E-state index contributed by atoms with van der Waals surface area (Å²) in [7, 11) is 0. The van der Waals surface area contributed by atoms with Crippen LogP contribution in [-0.2, 0) is 4.79 Å². The number of hydrogen-bond acceptors (Lipinski definition) is 4. The van der Waals surface area contributed by atoms with Crippen LogP contribution in [0.1, 0.15) is 47.8 Å². The fourth-order valence-corrected chi connectivity index (χ4v) is 3.25. The quantitative estimate of drug-likeness (QED) is 0.879. The van der Waals surface area contributed by atoms with Gasteiger partial charge in [0.25, 0.3) is 5.91 Å². The van der Waals surface area contributed by atoms with E-state index in [0.29, 0.717) is 30.8 Å². The maximum absolute atomic E-state index is 11.8. The number of aliphatic carboxylic acids is 1. The van der Waals surface area contributed by atoms with Crippen LogP contribution in [0.5, 0.6) is 0 Å². The van der Waals surface area contributed by atoms with Crippen LogP contribution in [0.2, 0.25) is 0 Å². The second-order valence-corrected chi connectivity index (χ2v) is 5.59. The van der Waals surface area contributed by atoms with Crippen molar-refractivity contribution in [3.8, 4) is 0 Å². The molecule has 114 valence electrons. The number of aromatic nitrogens is 1. The molecule has 0 saturated carbocycles. The van der Waals surface area contributed by atoms with Crippen molar-refractivity contribution in [1.29, 1.82) is 0 Å². The Hall–Kier alpha value is -2.11. The predicted molar refractivity (Wildman–Crippen MR) is 79.5 cm³/mol. The lowest BCUT2D eigenvalue weighted by molar-refractivity contribution is -0.143. The normalized spacial score (nSPS) is 21.6. The summed E-state index contributed by atoms with van der Waals surface area (Å²) in [4.78, 5) is 29.8. The van der Waals surface area contributed by atoms with Crippen molar-refractivity contribution in [2.24, 2.45) is 5.73 Å². The minimum Gasteiger partial charge on any atom is -0.479 e. The molecule has 3 N–H and O–H groups in total. The zero-order chi connectivity index (χ0) is 15.8. The number of carbonyl (C=O) groups is 2. The second-order valence-electron chi connectivity index (χ2n) is 5.59. The summed E-state index contributed by atoms with van der Waals surface area (Å²) >= 11 is 0. The van der Waals surface area contributed by atoms with Crippen LogP contribution in [0.3, 0.4) is 0 Å². The van der Waals surface area contributed by atoms with Crippen molar-refractivity contribution in [2.75, 3.05) is 11.4 Å². The minimum atomic E-state index is -1.00. The molecule has 1 unspecified atom stereocenters. The third-order valence-electron chi connectivity index (χ3n) is 4.30. The van der Waals surface area contributed by atoms with Crippen molar-refractivity contribution in [2.45, 2.75) is 45.6 Å². The van der Waals surface area contributed by atoms with Crippen LogP contribution in [0, 0.1) is 13.8 Å². The summed E-state index contributed by atoms with van der Waals surface area (Å²) in [6.07, 6.45) is 1.76. The van der Waals surface area contributed by atoms with Gasteiger partial charge < -0.3 is 15.7 Å². The molecular weight excluding hydrogens is 270 g/mol. The van der Waals surface area contributed by atoms with Gasteiger partial charge in [0.2, 0.25) is 0 Å². The zero-order valence-electron chi connectivity index (χ0n) is 12.6. The average Bonchev–Trinajstić information content (AvgIpc) is 2.81. The van der Waals surface area contributed by atoms with Gasteiger partial charge in [0.1, 0.15) is 11.4 Å². The predicted octanol–water partition coefficient (Wildman–Crippen LogP) is 1.63. The SMILES string of the molecule is CCC1(C(=O)O)CCCN1c1nc(C)cc(C)c1C(N)=O. The van der Waals surface area contributed by atoms with Crippen LogP contribution < -0.4 is 10.6 Å². The molecule has 0 bridgehead atoms. The zero-order valence-corrected chi connectivity index (χ0v) is 12.6. The largest absolute Gasteiger partial charge is 0.479 e. The highest BCUT2D eigenvalue weighted by Crippen LogP contribution is 2.38. The van der Waals surface area contributed by atoms with Crippen LogP contribution >= 0.6 is 0 Å². The summed E-state index contributed by atoms with van der Waals surface area (Å²) in [5.41, 5.74) is 6.28. The first-order valence-corrected chi connectivity index (χ1v) is 7.12. The fourth-order valence-electron chi connectivity index (χ4n) is 3.25. The first kappa shape index (κ1) is 15.3. The van der Waals surface area contributed by atoms with Crippen molar-refractivity contribution in [3.63, 3.8) is 0 Å². The van der Waals surface area contributed by atoms with E-state index < -0.39 is 17.4 Å². The minimum absolute atomic E-state index is 0.321. The molecule has 1 aromatic rings. The summed E-state index contributed by atoms with van der Waals surface area (Å²) < 4.78 is 0. The molecular formula is C15H21N3O3. The maximum atomic E-state index is 11.8. The van der Waals surface area contributed by atoms with Crippen LogP contribution in [0.25, 0.3) is 0 Å². The number of carbonyl (C=O) groups excluding carboxylic acids is 1. The lowest BCUT2D eigenvalue weighted by Gasteiger charge is -2.36. The lowest BCUT2D eigenvalue weighted by Crippen LogP contribution is -2.51. The Balaban J connectivity index is 2.65. The van der Waals surface area contributed by atoms with Crippen molar-refractivity contribution in [1.82, 2.24) is 4.98 Å². The molecule has 1 saturated heterocycles. The lowest BCUT2D eigenvalue weighted by atomic mass is 9.92. The molecule has 0 aliphatic carbocycles. The Bertz CT molecular complexity index is 600. The highest BCUT2D eigenvalue weighted by atomic mass is 16.4. The number of carboxylic acid groups (broad SMARTS) is 1. The average molecular weight is 291 g/mol. The number of amides is 1. The van der Waals surface area contributed by atoms with E-state index in [4.69, 9.17) is 5.73 Å². The molecule has 1 amide bonds. The van der Waals surface area contributed by atoms with Gasteiger partial charge in [-0.1, -0.05) is 6.92 Å². The number of rotatable bonds is 4. The number of nitrogens with two attached hydrogens (primary N) is 1. The summed E-state index contributed by atoms with van der Waals surface area (Å²) in [6.45, 7) is 6.03. The van der Waals surface area contributed by atoms with E-state index in [1.165, 1.54) is 0 Å². The maximum Gasteiger partial charge on any atom is 0.329 e. The van der Waals surface area contributed by atoms with E-state index in [1.54, 1.807) is 17.9 Å². The van der Waals surface area contributed by atoms with Gasteiger partial charge in [-0.3, -0.25) is 4.79 Å². The summed E-state index contributed by atoms with van der Waals surface area (Å²) in [5, 5.41) is 9.68. The van der Waals surface area contributed by atoms with Crippen LogP contribution in [0.4, 0.5) is 5.82 Å². The van der Waals surface area contributed by atoms with E-state index in [1.807, 2.05) is 13.8 Å². The third kappa shape index (κ3) is 2.34.